The normalized spacial score (nSPS) is 16.7. The summed E-state index contributed by atoms with van der Waals surface area (Å²) in [4.78, 5) is 15.7. The first-order valence-corrected chi connectivity index (χ1v) is 10.00. The third-order valence-electron chi connectivity index (χ3n) is 4.68. The fraction of sp³-hybridized carbons (Fsp3) is 0.650. The first-order chi connectivity index (χ1) is 11.7. The summed E-state index contributed by atoms with van der Waals surface area (Å²) in [5, 5.41) is 3.08. The van der Waals surface area contributed by atoms with Crippen molar-refractivity contribution in [2.45, 2.75) is 50.5 Å². The molecule has 0 bridgehead atoms. The van der Waals surface area contributed by atoms with E-state index in [1.807, 2.05) is 0 Å². The van der Waals surface area contributed by atoms with Crippen LogP contribution in [0.2, 0.25) is 0 Å². The average Bonchev–Trinajstić information content (AvgIpc) is 2.58. The van der Waals surface area contributed by atoms with E-state index in [4.69, 9.17) is 4.74 Å². The van der Waals surface area contributed by atoms with E-state index in [1.165, 1.54) is 5.56 Å². The monoisotopic (exact) mass is 364 g/mol. The third kappa shape index (κ3) is 6.32. The molecule has 140 valence electrons. The minimum Gasteiger partial charge on any atom is -0.379 e. The number of nitrogens with zero attached hydrogens (tertiary/aromatic N) is 1. The molecule has 0 atom stereocenters. The van der Waals surface area contributed by atoms with E-state index in [0.717, 1.165) is 31.2 Å². The van der Waals surface area contributed by atoms with Crippen LogP contribution in [-0.4, -0.2) is 54.9 Å². The third-order valence-corrected chi connectivity index (χ3v) is 5.69. The van der Waals surface area contributed by atoms with E-state index in [1.54, 1.807) is 11.8 Å². The van der Waals surface area contributed by atoms with Gasteiger partial charge in [0.25, 0.3) is 0 Å². The highest BCUT2D eigenvalue weighted by molar-refractivity contribution is 8.00. The molecule has 0 aromatic heterocycles. The lowest BCUT2D eigenvalue weighted by atomic mass is 9.87. The quantitative estimate of drug-likeness (QED) is 0.787. The summed E-state index contributed by atoms with van der Waals surface area (Å²) in [6, 6.07) is 8.52. The lowest BCUT2D eigenvalue weighted by molar-refractivity contribution is -0.119. The maximum absolute atomic E-state index is 12.2. The van der Waals surface area contributed by atoms with Crippen LogP contribution < -0.4 is 5.32 Å². The van der Waals surface area contributed by atoms with Crippen LogP contribution in [0.4, 0.5) is 0 Å². The summed E-state index contributed by atoms with van der Waals surface area (Å²) in [6.07, 6.45) is 0. The van der Waals surface area contributed by atoms with Gasteiger partial charge in [0.2, 0.25) is 5.91 Å². The molecule has 1 aliphatic heterocycles. The minimum atomic E-state index is -0.0432. The Bertz CT molecular complexity index is 558. The van der Waals surface area contributed by atoms with Crippen LogP contribution in [-0.2, 0) is 14.9 Å². The van der Waals surface area contributed by atoms with Crippen molar-refractivity contribution in [3.8, 4) is 0 Å². The average molecular weight is 365 g/mol. The molecule has 1 heterocycles. The molecule has 1 amide bonds. The van der Waals surface area contributed by atoms with E-state index >= 15 is 0 Å². The number of nitrogens with one attached hydrogen (secondary N) is 1. The predicted molar refractivity (Wildman–Crippen MR) is 105 cm³/mol. The zero-order chi connectivity index (χ0) is 18.5. The second kappa shape index (κ2) is 8.56. The Morgan fingerprint density at radius 2 is 1.72 bits per heavy atom. The Balaban J connectivity index is 1.76. The highest BCUT2D eigenvalue weighted by Crippen LogP contribution is 2.25. The molecule has 1 saturated heterocycles. The fourth-order valence-electron chi connectivity index (χ4n) is 2.85. The Hall–Kier alpha value is -1.04. The van der Waals surface area contributed by atoms with Crippen LogP contribution in [0.5, 0.6) is 0 Å². The van der Waals surface area contributed by atoms with Gasteiger partial charge in [0.1, 0.15) is 0 Å². The number of carbonyl (C=O) groups excluding carboxylic acids is 1. The Kier molecular flexibility index (Phi) is 6.94. The molecular weight excluding hydrogens is 332 g/mol. The number of carbonyl (C=O) groups is 1. The maximum Gasteiger partial charge on any atom is 0.230 e. The molecule has 0 unspecified atom stereocenters. The molecule has 1 N–H and O–H groups in total. The van der Waals surface area contributed by atoms with Crippen LogP contribution in [0.1, 0.15) is 40.2 Å². The molecule has 1 fully saturated rings. The van der Waals surface area contributed by atoms with Gasteiger partial charge in [0, 0.05) is 30.1 Å². The molecule has 1 aromatic rings. The van der Waals surface area contributed by atoms with Crippen LogP contribution >= 0.6 is 11.8 Å². The number of thioether (sulfide) groups is 1. The number of ether oxygens (including phenoxy) is 1. The first kappa shape index (κ1) is 20.3. The summed E-state index contributed by atoms with van der Waals surface area (Å²) in [7, 11) is 0. The van der Waals surface area contributed by atoms with Crippen molar-refractivity contribution >= 4 is 17.7 Å². The topological polar surface area (TPSA) is 41.6 Å². The summed E-state index contributed by atoms with van der Waals surface area (Å²) in [5.41, 5.74) is 1.43. The Labute approximate surface area is 156 Å². The summed E-state index contributed by atoms with van der Waals surface area (Å²) in [6.45, 7) is 15.0. The molecular formula is C20H32N2O2S. The second-order valence-electron chi connectivity index (χ2n) is 8.25. The second-order valence-corrected chi connectivity index (χ2v) is 9.30. The number of hydrogen-bond acceptors (Lipinski definition) is 4. The highest BCUT2D eigenvalue weighted by atomic mass is 32.2. The number of hydrogen-bond donors (Lipinski definition) is 1. The van der Waals surface area contributed by atoms with E-state index in [9.17, 15) is 4.79 Å². The van der Waals surface area contributed by atoms with Crippen molar-refractivity contribution < 1.29 is 9.53 Å². The van der Waals surface area contributed by atoms with E-state index < -0.39 is 0 Å². The molecule has 0 saturated carbocycles. The van der Waals surface area contributed by atoms with Gasteiger partial charge in [0.15, 0.2) is 0 Å². The molecule has 1 aliphatic rings. The van der Waals surface area contributed by atoms with Gasteiger partial charge in [-0.15, -0.1) is 11.8 Å². The summed E-state index contributed by atoms with van der Waals surface area (Å²) in [5.74, 6) is 0.542. The van der Waals surface area contributed by atoms with Crippen molar-refractivity contribution in [1.29, 1.82) is 0 Å². The van der Waals surface area contributed by atoms with Gasteiger partial charge < -0.3 is 10.1 Å². The van der Waals surface area contributed by atoms with Gasteiger partial charge in [-0.1, -0.05) is 32.9 Å². The fourth-order valence-corrected chi connectivity index (χ4v) is 3.57. The SMILES string of the molecule is CC(C)(C)c1ccc(SCC(=O)NCC(C)(C)N2CCOCC2)cc1. The molecule has 2 rings (SSSR count). The summed E-state index contributed by atoms with van der Waals surface area (Å²) < 4.78 is 5.40. The number of rotatable bonds is 6. The lowest BCUT2D eigenvalue weighted by Gasteiger charge is -2.40. The number of morpholine rings is 1. The van der Waals surface area contributed by atoms with E-state index in [2.05, 4.69) is 69.1 Å². The van der Waals surface area contributed by atoms with Crippen molar-refractivity contribution in [2.75, 3.05) is 38.6 Å². The first-order valence-electron chi connectivity index (χ1n) is 9.01. The zero-order valence-electron chi connectivity index (χ0n) is 16.2. The lowest BCUT2D eigenvalue weighted by Crippen LogP contribution is -2.55. The minimum absolute atomic E-state index is 0.0432. The van der Waals surface area contributed by atoms with Gasteiger partial charge >= 0.3 is 0 Å². The molecule has 5 heteroatoms. The van der Waals surface area contributed by atoms with E-state index in [-0.39, 0.29) is 16.9 Å². The molecule has 0 radical (unpaired) electrons. The molecule has 1 aromatic carbocycles. The maximum atomic E-state index is 12.2. The molecule has 4 nitrogen and oxygen atoms in total. The van der Waals surface area contributed by atoms with Crippen molar-refractivity contribution in [3.63, 3.8) is 0 Å². The molecule has 25 heavy (non-hydrogen) atoms. The Morgan fingerprint density at radius 3 is 2.28 bits per heavy atom. The molecule has 0 aliphatic carbocycles. The molecule has 0 spiro atoms. The smallest absolute Gasteiger partial charge is 0.230 e. The van der Waals surface area contributed by atoms with Gasteiger partial charge in [0.05, 0.1) is 19.0 Å². The Morgan fingerprint density at radius 1 is 1.12 bits per heavy atom. The predicted octanol–water partition coefficient (Wildman–Crippen LogP) is 3.30. The van der Waals surface area contributed by atoms with Crippen molar-refractivity contribution in [3.05, 3.63) is 29.8 Å². The highest BCUT2D eigenvalue weighted by Gasteiger charge is 2.28. The standard InChI is InChI=1S/C20H32N2O2S/c1-19(2,3)16-6-8-17(9-7-16)25-14-18(23)21-15-20(4,5)22-10-12-24-13-11-22/h6-9H,10-15H2,1-5H3,(H,21,23). The van der Waals surface area contributed by atoms with Crippen LogP contribution in [0, 0.1) is 0 Å². The van der Waals surface area contributed by atoms with Crippen molar-refractivity contribution in [1.82, 2.24) is 10.2 Å². The van der Waals surface area contributed by atoms with Gasteiger partial charge in [-0.25, -0.2) is 0 Å². The largest absolute Gasteiger partial charge is 0.379 e. The zero-order valence-corrected chi connectivity index (χ0v) is 17.0. The van der Waals surface area contributed by atoms with E-state index in [0.29, 0.717) is 12.3 Å². The van der Waals surface area contributed by atoms with Gasteiger partial charge in [-0.05, 0) is 37.0 Å². The van der Waals surface area contributed by atoms with Crippen LogP contribution in [0.25, 0.3) is 0 Å². The van der Waals surface area contributed by atoms with Crippen LogP contribution in [0.15, 0.2) is 29.2 Å². The van der Waals surface area contributed by atoms with Crippen LogP contribution in [0.3, 0.4) is 0 Å². The van der Waals surface area contributed by atoms with Gasteiger partial charge in [-0.3, -0.25) is 9.69 Å². The summed E-state index contributed by atoms with van der Waals surface area (Å²) >= 11 is 1.59. The van der Waals surface area contributed by atoms with Crippen molar-refractivity contribution in [2.24, 2.45) is 0 Å². The number of amides is 1. The van der Waals surface area contributed by atoms with Gasteiger partial charge in [-0.2, -0.15) is 0 Å². The number of benzene rings is 1.